The van der Waals surface area contributed by atoms with Gasteiger partial charge in [-0.05, 0) is 66.8 Å². The number of rotatable bonds is 8. The van der Waals surface area contributed by atoms with Crippen LogP contribution in [0.3, 0.4) is 0 Å². The van der Waals surface area contributed by atoms with E-state index in [9.17, 15) is 9.90 Å². The molecule has 2 aromatic rings. The number of nitrogens with zero attached hydrogens (tertiary/aromatic N) is 1. The molecule has 0 bridgehead atoms. The third kappa shape index (κ3) is 6.02. The minimum atomic E-state index is -0.788. The Kier molecular flexibility index (Phi) is 7.07. The molecule has 0 unspecified atom stereocenters. The molecule has 1 spiro atoms. The molecule has 3 heterocycles. The Hall–Kier alpha value is -2.84. The van der Waals surface area contributed by atoms with Crippen molar-refractivity contribution in [3.8, 4) is 17.4 Å². The number of hydrogen-bond acceptors (Lipinski definition) is 7. The third-order valence-electron chi connectivity index (χ3n) is 7.52. The fourth-order valence-corrected chi connectivity index (χ4v) is 5.62. The Morgan fingerprint density at radius 1 is 1.19 bits per heavy atom. The van der Waals surface area contributed by atoms with Gasteiger partial charge in [-0.25, -0.2) is 4.98 Å². The smallest absolute Gasteiger partial charge is 0.231 e. The molecule has 1 fully saturated rings. The number of hydrogen-bond donors (Lipinski definition) is 3. The van der Waals surface area contributed by atoms with Crippen LogP contribution in [0.5, 0.6) is 17.4 Å². The second-order valence-electron chi connectivity index (χ2n) is 12.0. The number of fused-ring (bicyclic) bond motifs is 2. The maximum Gasteiger partial charge on any atom is 0.231 e. The third-order valence-corrected chi connectivity index (χ3v) is 7.52. The lowest BCUT2D eigenvalue weighted by Crippen LogP contribution is -2.52. The van der Waals surface area contributed by atoms with Crippen LogP contribution in [0.25, 0.3) is 0 Å². The van der Waals surface area contributed by atoms with Crippen LogP contribution in [0.1, 0.15) is 76.1 Å². The molecule has 200 valence electrons. The first-order valence-electron chi connectivity index (χ1n) is 13.3. The largest absolute Gasteiger partial charge is 0.471 e. The fraction of sp³-hybridized carbons (Fsp3) is 0.586. The molecule has 2 aliphatic heterocycles. The number of amides is 1. The molecule has 3 atom stereocenters. The van der Waals surface area contributed by atoms with Crippen molar-refractivity contribution in [2.24, 2.45) is 5.41 Å². The molecule has 1 saturated carbocycles. The number of aliphatic hydroxyl groups excluding tert-OH is 1. The highest BCUT2D eigenvalue weighted by atomic mass is 16.7. The highest BCUT2D eigenvalue weighted by molar-refractivity contribution is 5.73. The summed E-state index contributed by atoms with van der Waals surface area (Å²) in [6, 6.07) is 7.50. The van der Waals surface area contributed by atoms with Crippen LogP contribution in [0, 0.1) is 5.41 Å². The number of nitrogens with one attached hydrogen (secondary N) is 2. The summed E-state index contributed by atoms with van der Waals surface area (Å²) in [4.78, 5) is 16.7. The quantitative estimate of drug-likeness (QED) is 0.497. The summed E-state index contributed by atoms with van der Waals surface area (Å²) in [7, 11) is 0. The molecule has 1 aromatic heterocycles. The summed E-state index contributed by atoms with van der Waals surface area (Å²) in [5.41, 5.74) is 3.18. The van der Waals surface area contributed by atoms with Crippen molar-refractivity contribution < 1.29 is 24.1 Å². The van der Waals surface area contributed by atoms with Crippen molar-refractivity contribution in [2.45, 2.75) is 90.0 Å². The molecular weight excluding hydrogens is 470 g/mol. The van der Waals surface area contributed by atoms with E-state index in [4.69, 9.17) is 19.2 Å². The van der Waals surface area contributed by atoms with Gasteiger partial charge in [0.05, 0.1) is 12.1 Å². The summed E-state index contributed by atoms with van der Waals surface area (Å²) >= 11 is 0. The van der Waals surface area contributed by atoms with E-state index in [2.05, 4.69) is 37.5 Å². The number of benzene rings is 1. The van der Waals surface area contributed by atoms with Gasteiger partial charge in [-0.1, -0.05) is 26.8 Å². The van der Waals surface area contributed by atoms with Crippen LogP contribution >= 0.6 is 0 Å². The van der Waals surface area contributed by atoms with Crippen LogP contribution in [0.2, 0.25) is 0 Å². The number of aliphatic hydroxyl groups is 1. The fourth-order valence-electron chi connectivity index (χ4n) is 5.62. The van der Waals surface area contributed by atoms with E-state index < -0.39 is 12.1 Å². The van der Waals surface area contributed by atoms with Crippen molar-refractivity contribution >= 4 is 5.91 Å². The first kappa shape index (κ1) is 25.8. The Morgan fingerprint density at radius 3 is 2.68 bits per heavy atom. The average Bonchev–Trinajstić information content (AvgIpc) is 3.27. The first-order chi connectivity index (χ1) is 17.6. The van der Waals surface area contributed by atoms with Gasteiger partial charge >= 0.3 is 0 Å². The maximum absolute atomic E-state index is 12.0. The van der Waals surface area contributed by atoms with E-state index >= 15 is 0 Å². The molecular formula is C29H39N3O5. The zero-order valence-electron chi connectivity index (χ0n) is 22.3. The normalized spacial score (nSPS) is 20.9. The van der Waals surface area contributed by atoms with Gasteiger partial charge in [0.1, 0.15) is 5.60 Å². The summed E-state index contributed by atoms with van der Waals surface area (Å²) in [6.45, 7) is 8.69. The predicted molar refractivity (Wildman–Crippen MR) is 140 cm³/mol. The maximum atomic E-state index is 12.0. The minimum Gasteiger partial charge on any atom is -0.471 e. The molecule has 0 saturated heterocycles. The Morgan fingerprint density at radius 2 is 1.97 bits per heavy atom. The topological polar surface area (TPSA) is 102 Å². The zero-order chi connectivity index (χ0) is 26.2. The second-order valence-corrected chi connectivity index (χ2v) is 12.0. The Bertz CT molecular complexity index is 1140. The zero-order valence-corrected chi connectivity index (χ0v) is 22.3. The van der Waals surface area contributed by atoms with Crippen LogP contribution in [0.15, 0.2) is 30.5 Å². The van der Waals surface area contributed by atoms with E-state index in [-0.39, 0.29) is 29.8 Å². The molecule has 1 aliphatic carbocycles. The second kappa shape index (κ2) is 10.1. The summed E-state index contributed by atoms with van der Waals surface area (Å²) in [6.07, 6.45) is 6.61. The van der Waals surface area contributed by atoms with Crippen molar-refractivity contribution in [3.05, 3.63) is 47.2 Å². The standard InChI is InChI=1S/C29H39N3O5/c1-18(33)32-22(11-19-6-7-25-26(12-19)36-17-35-25)24(34)16-30-23-14-29(8-5-9-29)37-27-21(23)10-20(15-31-27)13-28(2,3)4/h6-7,10,12,15,22-24,30,34H,5,8-9,11,13-14,16-17H2,1-4H3,(H,32,33)/t22-,23-,24-/m0/s1. The van der Waals surface area contributed by atoms with Crippen LogP contribution < -0.4 is 24.8 Å². The van der Waals surface area contributed by atoms with E-state index in [0.29, 0.717) is 30.3 Å². The predicted octanol–water partition coefficient (Wildman–Crippen LogP) is 3.84. The molecule has 3 aliphatic rings. The van der Waals surface area contributed by atoms with Gasteiger partial charge in [0.25, 0.3) is 0 Å². The van der Waals surface area contributed by atoms with Crippen molar-refractivity contribution in [1.82, 2.24) is 15.6 Å². The monoisotopic (exact) mass is 509 g/mol. The molecule has 37 heavy (non-hydrogen) atoms. The van der Waals surface area contributed by atoms with Crippen molar-refractivity contribution in [1.29, 1.82) is 0 Å². The molecule has 0 radical (unpaired) electrons. The van der Waals surface area contributed by atoms with Gasteiger partial charge in [-0.15, -0.1) is 0 Å². The summed E-state index contributed by atoms with van der Waals surface area (Å²) in [5.74, 6) is 1.93. The van der Waals surface area contributed by atoms with E-state index in [0.717, 1.165) is 43.2 Å². The van der Waals surface area contributed by atoms with Gasteiger partial charge < -0.3 is 30.0 Å². The summed E-state index contributed by atoms with van der Waals surface area (Å²) in [5, 5.41) is 17.8. The van der Waals surface area contributed by atoms with Gasteiger partial charge in [0, 0.05) is 37.7 Å². The molecule has 8 heteroatoms. The van der Waals surface area contributed by atoms with Gasteiger partial charge in [-0.2, -0.15) is 0 Å². The highest BCUT2D eigenvalue weighted by Crippen LogP contribution is 2.48. The molecule has 8 nitrogen and oxygen atoms in total. The lowest BCUT2D eigenvalue weighted by atomic mass is 9.73. The lowest BCUT2D eigenvalue weighted by molar-refractivity contribution is -0.120. The van der Waals surface area contributed by atoms with Crippen LogP contribution in [-0.4, -0.2) is 47.1 Å². The van der Waals surface area contributed by atoms with E-state index in [1.54, 1.807) is 0 Å². The van der Waals surface area contributed by atoms with Crippen molar-refractivity contribution in [2.75, 3.05) is 13.3 Å². The number of carbonyl (C=O) groups is 1. The number of pyridine rings is 1. The SMILES string of the molecule is CC(=O)N[C@@H](Cc1ccc2c(c1)OCO2)[C@@H](O)CN[C@H]1CC2(CCC2)Oc2ncc(CC(C)(C)C)cc21. The first-order valence-corrected chi connectivity index (χ1v) is 13.3. The van der Waals surface area contributed by atoms with Gasteiger partial charge in [-0.3, -0.25) is 4.79 Å². The van der Waals surface area contributed by atoms with Crippen LogP contribution in [0.4, 0.5) is 0 Å². The number of ether oxygens (including phenoxy) is 3. The van der Waals surface area contributed by atoms with E-state index in [1.807, 2.05) is 24.4 Å². The van der Waals surface area contributed by atoms with Gasteiger partial charge in [0.2, 0.25) is 18.6 Å². The minimum absolute atomic E-state index is 0.0228. The molecule has 1 amide bonds. The van der Waals surface area contributed by atoms with Gasteiger partial charge in [0.15, 0.2) is 11.5 Å². The van der Waals surface area contributed by atoms with Crippen molar-refractivity contribution in [3.63, 3.8) is 0 Å². The highest BCUT2D eigenvalue weighted by Gasteiger charge is 2.46. The summed E-state index contributed by atoms with van der Waals surface area (Å²) < 4.78 is 17.3. The molecule has 1 aromatic carbocycles. The van der Waals surface area contributed by atoms with Crippen LogP contribution in [-0.2, 0) is 17.6 Å². The van der Waals surface area contributed by atoms with E-state index in [1.165, 1.54) is 12.5 Å². The average molecular weight is 510 g/mol. The Labute approximate surface area is 219 Å². The molecule has 3 N–H and O–H groups in total. The Balaban J connectivity index is 1.31. The lowest BCUT2D eigenvalue weighted by Gasteiger charge is -2.47. The molecule has 5 rings (SSSR count). The number of carbonyl (C=O) groups excluding carboxylic acids is 1. The number of aromatic nitrogens is 1.